The minimum absolute atomic E-state index is 0.119. The van der Waals surface area contributed by atoms with E-state index in [1.54, 1.807) is 0 Å². The molecule has 4 nitrogen and oxygen atoms in total. The summed E-state index contributed by atoms with van der Waals surface area (Å²) in [5.41, 5.74) is 5.59. The largest absolute Gasteiger partial charge is 0.465 e. The number of hydrogen-bond donors (Lipinski definition) is 1. The zero-order chi connectivity index (χ0) is 10.6. The summed E-state index contributed by atoms with van der Waals surface area (Å²) in [5, 5.41) is 0. The number of carbonyl (C=O) groups excluding carboxylic acids is 1. The molecule has 0 aromatic heterocycles. The average molecular weight is 200 g/mol. The number of hydrogen-bond acceptors (Lipinski definition) is 4. The fourth-order valence-electron chi connectivity index (χ4n) is 1.82. The molecule has 0 aliphatic carbocycles. The van der Waals surface area contributed by atoms with Crippen LogP contribution < -0.4 is 5.73 Å². The van der Waals surface area contributed by atoms with E-state index in [0.29, 0.717) is 19.1 Å². The van der Waals surface area contributed by atoms with Crippen LogP contribution in [-0.4, -0.2) is 43.2 Å². The third-order valence-corrected chi connectivity index (χ3v) is 2.83. The lowest BCUT2D eigenvalue weighted by Gasteiger charge is -2.22. The maximum absolute atomic E-state index is 11.4. The highest BCUT2D eigenvalue weighted by molar-refractivity contribution is 5.75. The van der Waals surface area contributed by atoms with Gasteiger partial charge in [0, 0.05) is 6.54 Å². The van der Waals surface area contributed by atoms with E-state index in [1.165, 1.54) is 0 Å². The smallest absolute Gasteiger partial charge is 0.323 e. The van der Waals surface area contributed by atoms with Crippen LogP contribution in [0.5, 0.6) is 0 Å². The number of rotatable bonds is 4. The predicted molar refractivity (Wildman–Crippen MR) is 54.8 cm³/mol. The van der Waals surface area contributed by atoms with Crippen molar-refractivity contribution >= 4 is 5.97 Å². The van der Waals surface area contributed by atoms with E-state index >= 15 is 0 Å². The second-order valence-corrected chi connectivity index (χ2v) is 3.81. The molecule has 1 saturated heterocycles. The summed E-state index contributed by atoms with van der Waals surface area (Å²) in [5.74, 6) is 0.428. The fourth-order valence-corrected chi connectivity index (χ4v) is 1.82. The summed E-state index contributed by atoms with van der Waals surface area (Å²) in [6.07, 6.45) is 1.10. The first-order chi connectivity index (χ1) is 6.69. The van der Waals surface area contributed by atoms with Crippen LogP contribution in [0.2, 0.25) is 0 Å². The Morgan fingerprint density at radius 1 is 1.71 bits per heavy atom. The number of carbonyl (C=O) groups is 1. The minimum Gasteiger partial charge on any atom is -0.465 e. The van der Waals surface area contributed by atoms with Gasteiger partial charge in [-0.3, -0.25) is 9.69 Å². The van der Waals surface area contributed by atoms with Crippen LogP contribution in [0.25, 0.3) is 0 Å². The normalized spacial score (nSPS) is 24.9. The van der Waals surface area contributed by atoms with Crippen LogP contribution in [-0.2, 0) is 9.53 Å². The SMILES string of the molecule is CCOC(=O)C(C)N1CCC(CN)C1. The Morgan fingerprint density at radius 2 is 2.43 bits per heavy atom. The lowest BCUT2D eigenvalue weighted by Crippen LogP contribution is -2.38. The van der Waals surface area contributed by atoms with Gasteiger partial charge in [-0.2, -0.15) is 0 Å². The maximum Gasteiger partial charge on any atom is 0.323 e. The Bertz CT molecular complexity index is 197. The van der Waals surface area contributed by atoms with Gasteiger partial charge in [0.15, 0.2) is 0 Å². The highest BCUT2D eigenvalue weighted by atomic mass is 16.5. The zero-order valence-electron chi connectivity index (χ0n) is 9.03. The Kier molecular flexibility index (Phi) is 4.35. The van der Waals surface area contributed by atoms with Crippen molar-refractivity contribution in [2.24, 2.45) is 11.7 Å². The molecule has 0 amide bonds. The van der Waals surface area contributed by atoms with Crippen molar-refractivity contribution in [3.8, 4) is 0 Å². The third kappa shape index (κ3) is 2.69. The molecule has 0 bridgehead atoms. The Hall–Kier alpha value is -0.610. The highest BCUT2D eigenvalue weighted by Gasteiger charge is 2.29. The molecule has 1 fully saturated rings. The number of esters is 1. The van der Waals surface area contributed by atoms with Crippen LogP contribution in [0, 0.1) is 5.92 Å². The van der Waals surface area contributed by atoms with E-state index < -0.39 is 0 Å². The topological polar surface area (TPSA) is 55.6 Å². The van der Waals surface area contributed by atoms with Gasteiger partial charge in [0.05, 0.1) is 6.61 Å². The molecule has 4 heteroatoms. The maximum atomic E-state index is 11.4. The summed E-state index contributed by atoms with van der Waals surface area (Å²) >= 11 is 0. The van der Waals surface area contributed by atoms with Crippen molar-refractivity contribution in [2.75, 3.05) is 26.2 Å². The van der Waals surface area contributed by atoms with Crippen molar-refractivity contribution < 1.29 is 9.53 Å². The van der Waals surface area contributed by atoms with Gasteiger partial charge in [0.25, 0.3) is 0 Å². The van der Waals surface area contributed by atoms with E-state index in [4.69, 9.17) is 10.5 Å². The van der Waals surface area contributed by atoms with Gasteiger partial charge in [-0.15, -0.1) is 0 Å². The number of likely N-dealkylation sites (tertiary alicyclic amines) is 1. The lowest BCUT2D eigenvalue weighted by atomic mass is 10.1. The summed E-state index contributed by atoms with van der Waals surface area (Å²) in [6.45, 7) is 6.79. The molecule has 2 unspecified atom stereocenters. The quantitative estimate of drug-likeness (QED) is 0.659. The summed E-state index contributed by atoms with van der Waals surface area (Å²) in [4.78, 5) is 13.6. The lowest BCUT2D eigenvalue weighted by molar-refractivity contribution is -0.148. The van der Waals surface area contributed by atoms with E-state index in [0.717, 1.165) is 19.5 Å². The van der Waals surface area contributed by atoms with Gasteiger partial charge in [-0.25, -0.2) is 0 Å². The van der Waals surface area contributed by atoms with Gasteiger partial charge in [-0.05, 0) is 39.3 Å². The molecule has 1 heterocycles. The van der Waals surface area contributed by atoms with Crippen LogP contribution in [0.4, 0.5) is 0 Å². The molecular formula is C10H20N2O2. The van der Waals surface area contributed by atoms with Crippen LogP contribution in [0.1, 0.15) is 20.3 Å². The molecule has 0 radical (unpaired) electrons. The van der Waals surface area contributed by atoms with Gasteiger partial charge in [0.2, 0.25) is 0 Å². The molecule has 1 rings (SSSR count). The molecule has 1 aliphatic rings. The van der Waals surface area contributed by atoms with E-state index in [2.05, 4.69) is 4.90 Å². The van der Waals surface area contributed by atoms with Gasteiger partial charge in [0.1, 0.15) is 6.04 Å². The van der Waals surface area contributed by atoms with E-state index in [9.17, 15) is 4.79 Å². The molecule has 2 N–H and O–H groups in total. The van der Waals surface area contributed by atoms with Crippen molar-refractivity contribution in [3.05, 3.63) is 0 Å². The van der Waals surface area contributed by atoms with Crippen molar-refractivity contribution in [2.45, 2.75) is 26.3 Å². The Balaban J connectivity index is 2.38. The van der Waals surface area contributed by atoms with E-state index in [-0.39, 0.29) is 12.0 Å². The monoisotopic (exact) mass is 200 g/mol. The van der Waals surface area contributed by atoms with Gasteiger partial charge < -0.3 is 10.5 Å². The molecule has 0 spiro atoms. The van der Waals surface area contributed by atoms with Crippen LogP contribution in [0.3, 0.4) is 0 Å². The van der Waals surface area contributed by atoms with Gasteiger partial charge >= 0.3 is 5.97 Å². The number of nitrogens with zero attached hydrogens (tertiary/aromatic N) is 1. The molecule has 0 saturated carbocycles. The molecule has 82 valence electrons. The first kappa shape index (κ1) is 11.5. The van der Waals surface area contributed by atoms with Crippen LogP contribution >= 0.6 is 0 Å². The minimum atomic E-state index is -0.120. The molecular weight excluding hydrogens is 180 g/mol. The molecule has 0 aromatic carbocycles. The first-order valence-electron chi connectivity index (χ1n) is 5.29. The summed E-state index contributed by atoms with van der Waals surface area (Å²) in [7, 11) is 0. The zero-order valence-corrected chi connectivity index (χ0v) is 9.03. The van der Waals surface area contributed by atoms with Crippen molar-refractivity contribution in [1.82, 2.24) is 4.90 Å². The summed E-state index contributed by atoms with van der Waals surface area (Å²) in [6, 6.07) is -0.119. The average Bonchev–Trinajstić information content (AvgIpc) is 2.65. The predicted octanol–water partition coefficient (Wildman–Crippen LogP) is 0.219. The van der Waals surface area contributed by atoms with E-state index in [1.807, 2.05) is 13.8 Å². The second kappa shape index (κ2) is 5.32. The summed E-state index contributed by atoms with van der Waals surface area (Å²) < 4.78 is 4.97. The number of nitrogens with two attached hydrogens (primary N) is 1. The molecule has 0 aromatic rings. The van der Waals surface area contributed by atoms with Crippen molar-refractivity contribution in [1.29, 1.82) is 0 Å². The van der Waals surface area contributed by atoms with Gasteiger partial charge in [-0.1, -0.05) is 0 Å². The molecule has 14 heavy (non-hydrogen) atoms. The Labute approximate surface area is 85.4 Å². The number of ether oxygens (including phenoxy) is 1. The first-order valence-corrected chi connectivity index (χ1v) is 5.29. The second-order valence-electron chi connectivity index (χ2n) is 3.81. The third-order valence-electron chi connectivity index (χ3n) is 2.83. The van der Waals surface area contributed by atoms with Crippen LogP contribution in [0.15, 0.2) is 0 Å². The molecule has 2 atom stereocenters. The Morgan fingerprint density at radius 3 is 2.93 bits per heavy atom. The fraction of sp³-hybridized carbons (Fsp3) is 0.900. The molecule has 1 aliphatic heterocycles. The van der Waals surface area contributed by atoms with Crippen molar-refractivity contribution in [3.63, 3.8) is 0 Å². The standard InChI is InChI=1S/C10H20N2O2/c1-3-14-10(13)8(2)12-5-4-9(6-11)7-12/h8-9H,3-7,11H2,1-2H3. The highest BCUT2D eigenvalue weighted by Crippen LogP contribution is 2.17.